The standard InChI is InChI=1S/C14H26N2O3/c1-9-10(17)15(8)11(13(2,3)4)16(9)12(18)19-14(5,6)7/h9,11H,1-8H3/t9-,11?/m0/s1. The van der Waals surface area contributed by atoms with Crippen LogP contribution in [0.15, 0.2) is 0 Å². The zero-order chi connectivity index (χ0) is 15.2. The molecule has 1 unspecified atom stereocenters. The predicted octanol–water partition coefficient (Wildman–Crippen LogP) is 2.46. The number of likely N-dealkylation sites (N-methyl/N-ethyl adjacent to an activating group) is 1. The van der Waals surface area contributed by atoms with E-state index < -0.39 is 17.7 Å². The van der Waals surface area contributed by atoms with Crippen LogP contribution in [0.1, 0.15) is 48.5 Å². The van der Waals surface area contributed by atoms with E-state index in [4.69, 9.17) is 4.74 Å². The van der Waals surface area contributed by atoms with E-state index in [1.807, 2.05) is 41.5 Å². The minimum atomic E-state index is -0.566. The molecule has 0 radical (unpaired) electrons. The number of hydrogen-bond donors (Lipinski definition) is 0. The molecule has 1 saturated heterocycles. The van der Waals surface area contributed by atoms with Crippen molar-refractivity contribution < 1.29 is 14.3 Å². The lowest BCUT2D eigenvalue weighted by molar-refractivity contribution is -0.129. The SMILES string of the molecule is C[C@H]1C(=O)N(C)C(C(C)(C)C)N1C(=O)OC(C)(C)C. The molecular formula is C14H26N2O3. The summed E-state index contributed by atoms with van der Waals surface area (Å²) in [7, 11) is 1.74. The maximum atomic E-state index is 12.3. The van der Waals surface area contributed by atoms with Crippen LogP contribution < -0.4 is 0 Å². The van der Waals surface area contributed by atoms with Crippen molar-refractivity contribution in [3.63, 3.8) is 0 Å². The molecule has 1 aliphatic rings. The number of rotatable bonds is 0. The third kappa shape index (κ3) is 3.19. The Morgan fingerprint density at radius 1 is 1.16 bits per heavy atom. The highest BCUT2D eigenvalue weighted by Crippen LogP contribution is 2.34. The summed E-state index contributed by atoms with van der Waals surface area (Å²) in [6, 6.07) is -0.482. The van der Waals surface area contributed by atoms with Gasteiger partial charge in [0.25, 0.3) is 0 Å². The molecule has 1 heterocycles. The van der Waals surface area contributed by atoms with Crippen LogP contribution in [0.25, 0.3) is 0 Å². The maximum Gasteiger partial charge on any atom is 0.412 e. The van der Waals surface area contributed by atoms with E-state index in [0.29, 0.717) is 0 Å². The lowest BCUT2D eigenvalue weighted by atomic mass is 9.91. The Morgan fingerprint density at radius 3 is 2.00 bits per heavy atom. The van der Waals surface area contributed by atoms with Crippen molar-refractivity contribution in [2.24, 2.45) is 5.41 Å². The fourth-order valence-electron chi connectivity index (χ4n) is 2.50. The largest absolute Gasteiger partial charge is 0.444 e. The molecular weight excluding hydrogens is 244 g/mol. The van der Waals surface area contributed by atoms with Crippen molar-refractivity contribution in [2.75, 3.05) is 7.05 Å². The van der Waals surface area contributed by atoms with Gasteiger partial charge in [-0.25, -0.2) is 4.79 Å². The molecule has 2 atom stereocenters. The first-order chi connectivity index (χ1) is 8.36. The third-order valence-electron chi connectivity index (χ3n) is 3.13. The van der Waals surface area contributed by atoms with Gasteiger partial charge in [0.2, 0.25) is 5.91 Å². The van der Waals surface area contributed by atoms with Gasteiger partial charge in [-0.1, -0.05) is 20.8 Å². The van der Waals surface area contributed by atoms with Gasteiger partial charge in [-0.3, -0.25) is 9.69 Å². The van der Waals surface area contributed by atoms with E-state index >= 15 is 0 Å². The Hall–Kier alpha value is -1.26. The second-order valence-corrected chi connectivity index (χ2v) is 7.25. The summed E-state index contributed by atoms with van der Waals surface area (Å²) in [6.45, 7) is 13.2. The van der Waals surface area contributed by atoms with Gasteiger partial charge < -0.3 is 9.64 Å². The normalized spacial score (nSPS) is 24.9. The summed E-state index contributed by atoms with van der Waals surface area (Å²) >= 11 is 0. The first kappa shape index (κ1) is 15.8. The topological polar surface area (TPSA) is 49.9 Å². The van der Waals surface area contributed by atoms with E-state index in [2.05, 4.69) is 0 Å². The highest BCUT2D eigenvalue weighted by molar-refractivity contribution is 5.89. The molecule has 0 aromatic heterocycles. The van der Waals surface area contributed by atoms with Crippen molar-refractivity contribution in [1.82, 2.24) is 9.80 Å². The van der Waals surface area contributed by atoms with E-state index in [9.17, 15) is 9.59 Å². The Bertz CT molecular complexity index is 379. The van der Waals surface area contributed by atoms with Crippen LogP contribution in [0, 0.1) is 5.41 Å². The molecule has 2 amide bonds. The summed E-state index contributed by atoms with van der Waals surface area (Å²) in [5.41, 5.74) is -0.796. The van der Waals surface area contributed by atoms with E-state index in [0.717, 1.165) is 0 Å². The fraction of sp³-hybridized carbons (Fsp3) is 0.857. The zero-order valence-corrected chi connectivity index (χ0v) is 13.3. The van der Waals surface area contributed by atoms with Gasteiger partial charge >= 0.3 is 6.09 Å². The first-order valence-corrected chi connectivity index (χ1v) is 6.64. The molecule has 0 aromatic carbocycles. The Kier molecular flexibility index (Phi) is 3.90. The Labute approximate surface area is 115 Å². The molecule has 5 heteroatoms. The van der Waals surface area contributed by atoms with Crippen LogP contribution >= 0.6 is 0 Å². The van der Waals surface area contributed by atoms with Crippen LogP contribution in [-0.4, -0.2) is 46.7 Å². The van der Waals surface area contributed by atoms with Gasteiger partial charge in [-0.15, -0.1) is 0 Å². The average Bonchev–Trinajstić information content (AvgIpc) is 2.39. The van der Waals surface area contributed by atoms with Crippen molar-refractivity contribution in [3.8, 4) is 0 Å². The summed E-state index contributed by atoms with van der Waals surface area (Å²) in [4.78, 5) is 27.6. The Balaban J connectivity index is 3.08. The monoisotopic (exact) mass is 270 g/mol. The van der Waals surface area contributed by atoms with Crippen molar-refractivity contribution in [1.29, 1.82) is 0 Å². The minimum Gasteiger partial charge on any atom is -0.444 e. The molecule has 19 heavy (non-hydrogen) atoms. The summed E-state index contributed by atoms with van der Waals surface area (Å²) in [5.74, 6) is -0.0502. The van der Waals surface area contributed by atoms with Crippen LogP contribution in [-0.2, 0) is 9.53 Å². The maximum absolute atomic E-state index is 12.3. The summed E-state index contributed by atoms with van der Waals surface area (Å²) in [5, 5.41) is 0. The molecule has 1 rings (SSSR count). The number of nitrogens with zero attached hydrogens (tertiary/aromatic N) is 2. The van der Waals surface area contributed by atoms with Crippen LogP contribution in [0.5, 0.6) is 0 Å². The molecule has 0 spiro atoms. The molecule has 0 N–H and O–H groups in total. The number of amides is 2. The third-order valence-corrected chi connectivity index (χ3v) is 3.13. The number of carbonyl (C=O) groups excluding carboxylic acids is 2. The lowest BCUT2D eigenvalue weighted by Crippen LogP contribution is -2.51. The van der Waals surface area contributed by atoms with Gasteiger partial charge in [0.15, 0.2) is 0 Å². The molecule has 1 aliphatic heterocycles. The Morgan fingerprint density at radius 2 is 1.63 bits per heavy atom. The molecule has 0 bridgehead atoms. The summed E-state index contributed by atoms with van der Waals surface area (Å²) < 4.78 is 5.42. The van der Waals surface area contributed by atoms with Crippen LogP contribution in [0.3, 0.4) is 0 Å². The van der Waals surface area contributed by atoms with Crippen molar-refractivity contribution >= 4 is 12.0 Å². The predicted molar refractivity (Wildman–Crippen MR) is 73.5 cm³/mol. The molecule has 0 aromatic rings. The molecule has 1 fully saturated rings. The lowest BCUT2D eigenvalue weighted by Gasteiger charge is -2.39. The van der Waals surface area contributed by atoms with Crippen LogP contribution in [0.2, 0.25) is 0 Å². The second kappa shape index (κ2) is 4.69. The van der Waals surface area contributed by atoms with Crippen LogP contribution in [0.4, 0.5) is 4.79 Å². The van der Waals surface area contributed by atoms with E-state index in [-0.39, 0.29) is 17.5 Å². The van der Waals surface area contributed by atoms with Gasteiger partial charge in [-0.05, 0) is 27.7 Å². The highest BCUT2D eigenvalue weighted by atomic mass is 16.6. The van der Waals surface area contributed by atoms with E-state index in [1.54, 1.807) is 23.8 Å². The van der Waals surface area contributed by atoms with Gasteiger partial charge in [0.1, 0.15) is 17.8 Å². The summed E-state index contributed by atoms with van der Waals surface area (Å²) in [6.07, 6.45) is -0.720. The molecule has 0 saturated carbocycles. The molecule has 5 nitrogen and oxygen atoms in total. The first-order valence-electron chi connectivity index (χ1n) is 6.64. The quantitative estimate of drug-likeness (QED) is 0.679. The fourth-order valence-corrected chi connectivity index (χ4v) is 2.50. The van der Waals surface area contributed by atoms with Gasteiger partial charge in [0, 0.05) is 12.5 Å². The number of ether oxygens (including phenoxy) is 1. The number of hydrogen-bond acceptors (Lipinski definition) is 3. The molecule has 0 aliphatic carbocycles. The second-order valence-electron chi connectivity index (χ2n) is 7.25. The highest BCUT2D eigenvalue weighted by Gasteiger charge is 2.50. The zero-order valence-electron chi connectivity index (χ0n) is 13.3. The van der Waals surface area contributed by atoms with Gasteiger partial charge in [-0.2, -0.15) is 0 Å². The average molecular weight is 270 g/mol. The smallest absolute Gasteiger partial charge is 0.412 e. The minimum absolute atomic E-state index is 0.0502. The van der Waals surface area contributed by atoms with Crippen molar-refractivity contribution in [3.05, 3.63) is 0 Å². The number of carbonyl (C=O) groups is 2. The van der Waals surface area contributed by atoms with Gasteiger partial charge in [0.05, 0.1) is 0 Å². The van der Waals surface area contributed by atoms with Crippen molar-refractivity contribution in [2.45, 2.75) is 66.3 Å². The molecule has 110 valence electrons. The van der Waals surface area contributed by atoms with E-state index in [1.165, 1.54) is 0 Å².